The minimum Gasteiger partial charge on any atom is -0.345 e. The first kappa shape index (κ1) is 19.7. The van der Waals surface area contributed by atoms with Crippen LogP contribution in [0.3, 0.4) is 0 Å². The zero-order valence-corrected chi connectivity index (χ0v) is 14.8. The molecule has 0 aliphatic heterocycles. The van der Waals surface area contributed by atoms with E-state index in [0.29, 0.717) is 6.42 Å². The number of carbonyl (C=O) groups excluding carboxylic acids is 2. The first-order chi connectivity index (χ1) is 12.4. The smallest absolute Gasteiger partial charge is 0.234 e. The first-order valence-electron chi connectivity index (χ1n) is 8.39. The second kappa shape index (κ2) is 9.20. The van der Waals surface area contributed by atoms with Crippen LogP contribution in [-0.2, 0) is 16.0 Å². The fourth-order valence-electron chi connectivity index (χ4n) is 2.60. The summed E-state index contributed by atoms with van der Waals surface area (Å²) in [6.45, 7) is 3.02. The summed E-state index contributed by atoms with van der Waals surface area (Å²) < 4.78 is 26.7. The molecule has 0 radical (unpaired) electrons. The maximum atomic E-state index is 13.8. The Hall–Kier alpha value is -2.60. The van der Waals surface area contributed by atoms with Crippen LogP contribution in [-0.4, -0.2) is 24.3 Å². The Bertz CT molecular complexity index is 766. The maximum absolute atomic E-state index is 13.8. The number of carbonyl (C=O) groups is 2. The van der Waals surface area contributed by atoms with Crippen LogP contribution in [0.4, 0.5) is 8.78 Å². The first-order valence-corrected chi connectivity index (χ1v) is 8.39. The number of hydrogen-bond donors (Lipinski definition) is 2. The highest BCUT2D eigenvalue weighted by molar-refractivity contribution is 5.88. The van der Waals surface area contributed by atoms with Crippen LogP contribution in [0.25, 0.3) is 0 Å². The Morgan fingerprint density at radius 1 is 1.08 bits per heavy atom. The molecule has 0 aromatic heterocycles. The van der Waals surface area contributed by atoms with Crippen molar-refractivity contribution < 1.29 is 18.4 Å². The van der Waals surface area contributed by atoms with E-state index in [4.69, 9.17) is 0 Å². The lowest BCUT2D eigenvalue weighted by atomic mass is 10.0. The van der Waals surface area contributed by atoms with Gasteiger partial charge in [-0.15, -0.1) is 0 Å². The SMILES string of the molecule is CC(=O)[C@@H](Cc1ccccc1)NC(=O)CN[C@H](C)c1ccc(F)cc1F. The van der Waals surface area contributed by atoms with Gasteiger partial charge in [0.05, 0.1) is 12.6 Å². The second-order valence-electron chi connectivity index (χ2n) is 6.19. The number of nitrogens with one attached hydrogen (secondary N) is 2. The van der Waals surface area contributed by atoms with E-state index in [9.17, 15) is 18.4 Å². The third kappa shape index (κ3) is 5.74. The van der Waals surface area contributed by atoms with Crippen LogP contribution in [0.5, 0.6) is 0 Å². The van der Waals surface area contributed by atoms with Crippen molar-refractivity contribution in [1.29, 1.82) is 0 Å². The number of rotatable bonds is 8. The largest absolute Gasteiger partial charge is 0.345 e. The zero-order chi connectivity index (χ0) is 19.1. The number of ketones is 1. The van der Waals surface area contributed by atoms with Crippen LogP contribution in [0.15, 0.2) is 48.5 Å². The van der Waals surface area contributed by atoms with Crippen molar-refractivity contribution in [3.63, 3.8) is 0 Å². The maximum Gasteiger partial charge on any atom is 0.234 e. The predicted molar refractivity (Wildman–Crippen MR) is 95.5 cm³/mol. The monoisotopic (exact) mass is 360 g/mol. The summed E-state index contributed by atoms with van der Waals surface area (Å²) >= 11 is 0. The Kier molecular flexibility index (Phi) is 6.97. The summed E-state index contributed by atoms with van der Waals surface area (Å²) in [5.41, 5.74) is 1.22. The number of benzene rings is 2. The zero-order valence-electron chi connectivity index (χ0n) is 14.8. The molecule has 0 fully saturated rings. The van der Waals surface area contributed by atoms with Gasteiger partial charge in [-0.3, -0.25) is 9.59 Å². The summed E-state index contributed by atoms with van der Waals surface area (Å²) in [4.78, 5) is 23.9. The number of hydrogen-bond acceptors (Lipinski definition) is 3. The molecule has 0 spiro atoms. The van der Waals surface area contributed by atoms with E-state index < -0.39 is 23.7 Å². The molecule has 0 aliphatic carbocycles. The van der Waals surface area contributed by atoms with Gasteiger partial charge in [-0.1, -0.05) is 36.4 Å². The van der Waals surface area contributed by atoms with Crippen LogP contribution < -0.4 is 10.6 Å². The highest BCUT2D eigenvalue weighted by Gasteiger charge is 2.18. The molecule has 0 aliphatic rings. The predicted octanol–water partition coefficient (Wildman–Crippen LogP) is 2.93. The fraction of sp³-hybridized carbons (Fsp3) is 0.300. The van der Waals surface area contributed by atoms with Crippen molar-refractivity contribution in [1.82, 2.24) is 10.6 Å². The molecule has 2 rings (SSSR count). The van der Waals surface area contributed by atoms with Crippen molar-refractivity contribution in [3.8, 4) is 0 Å². The lowest BCUT2D eigenvalue weighted by Gasteiger charge is -2.18. The highest BCUT2D eigenvalue weighted by Crippen LogP contribution is 2.17. The quantitative estimate of drug-likeness (QED) is 0.761. The molecular weight excluding hydrogens is 338 g/mol. The lowest BCUT2D eigenvalue weighted by Crippen LogP contribution is -2.45. The van der Waals surface area contributed by atoms with Crippen LogP contribution >= 0.6 is 0 Å². The van der Waals surface area contributed by atoms with Crippen LogP contribution in [0, 0.1) is 11.6 Å². The average molecular weight is 360 g/mol. The van der Waals surface area contributed by atoms with Crippen molar-refractivity contribution in [3.05, 3.63) is 71.3 Å². The molecule has 138 valence electrons. The molecular formula is C20H22F2N2O2. The molecule has 1 amide bonds. The molecule has 0 unspecified atom stereocenters. The van der Waals surface area contributed by atoms with Crippen molar-refractivity contribution >= 4 is 11.7 Å². The Morgan fingerprint density at radius 3 is 2.38 bits per heavy atom. The molecule has 0 saturated carbocycles. The van der Waals surface area contributed by atoms with Gasteiger partial charge < -0.3 is 10.6 Å². The van der Waals surface area contributed by atoms with Gasteiger partial charge in [0.15, 0.2) is 5.78 Å². The van der Waals surface area contributed by atoms with Crippen LogP contribution in [0.1, 0.15) is 31.0 Å². The third-order valence-electron chi connectivity index (χ3n) is 4.11. The summed E-state index contributed by atoms with van der Waals surface area (Å²) in [5, 5.41) is 5.57. The molecule has 2 atom stereocenters. The minimum absolute atomic E-state index is 0.0868. The van der Waals surface area contributed by atoms with E-state index in [-0.39, 0.29) is 23.8 Å². The average Bonchev–Trinajstić information content (AvgIpc) is 2.60. The third-order valence-corrected chi connectivity index (χ3v) is 4.11. The lowest BCUT2D eigenvalue weighted by molar-refractivity contribution is -0.126. The standard InChI is InChI=1S/C20H22F2N2O2/c1-13(17-9-8-16(21)11-18(17)22)23-12-20(26)24-19(14(2)25)10-15-6-4-3-5-7-15/h3-9,11,13,19,23H,10,12H2,1-2H3,(H,24,26)/t13-,19-/m1/s1. The highest BCUT2D eigenvalue weighted by atomic mass is 19.1. The minimum atomic E-state index is -0.670. The number of halogens is 2. The van der Waals surface area contributed by atoms with E-state index in [0.717, 1.165) is 11.6 Å². The molecule has 2 aromatic carbocycles. The Balaban J connectivity index is 1.90. The molecule has 4 nitrogen and oxygen atoms in total. The van der Waals surface area contributed by atoms with Gasteiger partial charge in [0.1, 0.15) is 11.6 Å². The van der Waals surface area contributed by atoms with Gasteiger partial charge in [0, 0.05) is 17.7 Å². The Morgan fingerprint density at radius 2 is 1.77 bits per heavy atom. The molecule has 0 heterocycles. The van der Waals surface area contributed by atoms with Gasteiger partial charge in [-0.2, -0.15) is 0 Å². The van der Waals surface area contributed by atoms with Gasteiger partial charge in [-0.25, -0.2) is 8.78 Å². The second-order valence-corrected chi connectivity index (χ2v) is 6.19. The molecule has 6 heteroatoms. The molecule has 0 saturated heterocycles. The normalized spacial score (nSPS) is 13.1. The van der Waals surface area contributed by atoms with E-state index in [1.165, 1.54) is 19.1 Å². The molecule has 0 bridgehead atoms. The summed E-state index contributed by atoms with van der Waals surface area (Å²) in [6, 6.07) is 11.6. The number of Topliss-reactive ketones (excluding diaryl/α,β-unsaturated/α-hetero) is 1. The van der Waals surface area contributed by atoms with E-state index in [1.54, 1.807) is 6.92 Å². The number of amides is 1. The van der Waals surface area contributed by atoms with Gasteiger partial charge in [0.25, 0.3) is 0 Å². The van der Waals surface area contributed by atoms with Crippen molar-refractivity contribution in [2.45, 2.75) is 32.4 Å². The van der Waals surface area contributed by atoms with Crippen LogP contribution in [0.2, 0.25) is 0 Å². The summed E-state index contributed by atoms with van der Waals surface area (Å²) in [5.74, 6) is -1.83. The topological polar surface area (TPSA) is 58.2 Å². The van der Waals surface area contributed by atoms with Crippen molar-refractivity contribution in [2.75, 3.05) is 6.54 Å². The van der Waals surface area contributed by atoms with Crippen molar-refractivity contribution in [2.24, 2.45) is 0 Å². The van der Waals surface area contributed by atoms with E-state index >= 15 is 0 Å². The molecule has 2 aromatic rings. The molecule has 26 heavy (non-hydrogen) atoms. The van der Waals surface area contributed by atoms with Gasteiger partial charge in [0.2, 0.25) is 5.91 Å². The summed E-state index contributed by atoms with van der Waals surface area (Å²) in [6.07, 6.45) is 0.407. The van der Waals surface area contributed by atoms with Gasteiger partial charge in [-0.05, 0) is 31.9 Å². The van der Waals surface area contributed by atoms with Gasteiger partial charge >= 0.3 is 0 Å². The molecule has 2 N–H and O–H groups in total. The fourth-order valence-corrected chi connectivity index (χ4v) is 2.60. The summed E-state index contributed by atoms with van der Waals surface area (Å²) in [7, 11) is 0. The van der Waals surface area contributed by atoms with E-state index in [1.807, 2.05) is 30.3 Å². The van der Waals surface area contributed by atoms with E-state index in [2.05, 4.69) is 10.6 Å². The Labute approximate surface area is 151 Å².